The molecule has 1 amide bonds. The Morgan fingerprint density at radius 2 is 1.70 bits per heavy atom. The number of hydrogen-bond donors (Lipinski definition) is 0. The summed E-state index contributed by atoms with van der Waals surface area (Å²) < 4.78 is 5.70. The molecular weight excluding hydrogens is 252 g/mol. The molecule has 2 aliphatic heterocycles. The van der Waals surface area contributed by atoms with Crippen LogP contribution in [0, 0.1) is 5.92 Å². The fraction of sp³-hybridized carbons (Fsp3) is 0.938. The van der Waals surface area contributed by atoms with Crippen LogP contribution in [-0.4, -0.2) is 61.1 Å². The molecule has 3 fully saturated rings. The third kappa shape index (κ3) is 3.53. The van der Waals surface area contributed by atoms with Crippen molar-refractivity contribution in [1.29, 1.82) is 0 Å². The third-order valence-electron chi connectivity index (χ3n) is 5.12. The first-order valence-electron chi connectivity index (χ1n) is 8.45. The van der Waals surface area contributed by atoms with Crippen molar-refractivity contribution in [3.05, 3.63) is 0 Å². The normalized spacial score (nSPS) is 29.8. The van der Waals surface area contributed by atoms with Gasteiger partial charge in [0.2, 0.25) is 5.91 Å². The Labute approximate surface area is 122 Å². The lowest BCUT2D eigenvalue weighted by molar-refractivity contribution is -0.138. The Morgan fingerprint density at radius 3 is 2.35 bits per heavy atom. The molecule has 1 saturated carbocycles. The molecule has 2 saturated heterocycles. The number of hydrogen-bond acceptors (Lipinski definition) is 3. The summed E-state index contributed by atoms with van der Waals surface area (Å²) >= 11 is 0. The quantitative estimate of drug-likeness (QED) is 0.791. The van der Waals surface area contributed by atoms with Crippen LogP contribution in [0.3, 0.4) is 0 Å². The predicted molar refractivity (Wildman–Crippen MR) is 78.6 cm³/mol. The second-order valence-corrected chi connectivity index (χ2v) is 6.60. The Morgan fingerprint density at radius 1 is 0.950 bits per heavy atom. The third-order valence-corrected chi connectivity index (χ3v) is 5.12. The fourth-order valence-electron chi connectivity index (χ4n) is 3.83. The van der Waals surface area contributed by atoms with Gasteiger partial charge in [0.15, 0.2) is 0 Å². The van der Waals surface area contributed by atoms with Crippen molar-refractivity contribution in [3.63, 3.8) is 0 Å². The first-order valence-corrected chi connectivity index (χ1v) is 8.45. The molecule has 1 aliphatic carbocycles. The maximum absolute atomic E-state index is 12.5. The van der Waals surface area contributed by atoms with Gasteiger partial charge in [-0.15, -0.1) is 0 Å². The number of carbonyl (C=O) groups is 1. The summed E-state index contributed by atoms with van der Waals surface area (Å²) in [5.41, 5.74) is 0. The fourth-order valence-corrected chi connectivity index (χ4v) is 3.83. The molecule has 4 heteroatoms. The van der Waals surface area contributed by atoms with Crippen LogP contribution >= 0.6 is 0 Å². The van der Waals surface area contributed by atoms with Crippen molar-refractivity contribution >= 4 is 5.91 Å². The highest BCUT2D eigenvalue weighted by atomic mass is 16.5. The molecule has 2 heterocycles. The molecule has 0 aromatic carbocycles. The first kappa shape index (κ1) is 14.3. The lowest BCUT2D eigenvalue weighted by Crippen LogP contribution is -2.51. The molecule has 4 nitrogen and oxygen atoms in total. The van der Waals surface area contributed by atoms with Crippen molar-refractivity contribution < 1.29 is 9.53 Å². The monoisotopic (exact) mass is 280 g/mol. The molecule has 1 atom stereocenters. The highest BCUT2D eigenvalue weighted by molar-refractivity contribution is 5.79. The van der Waals surface area contributed by atoms with Gasteiger partial charge in [-0.1, -0.05) is 19.3 Å². The van der Waals surface area contributed by atoms with E-state index >= 15 is 0 Å². The maximum atomic E-state index is 12.5. The molecule has 0 spiro atoms. The number of carbonyl (C=O) groups excluding carboxylic acids is 1. The second-order valence-electron chi connectivity index (χ2n) is 6.60. The number of ether oxygens (including phenoxy) is 1. The largest absolute Gasteiger partial charge is 0.377 e. The minimum atomic E-state index is 0.327. The molecule has 0 aromatic rings. The van der Waals surface area contributed by atoms with Gasteiger partial charge in [0.1, 0.15) is 0 Å². The topological polar surface area (TPSA) is 32.8 Å². The van der Waals surface area contributed by atoms with Gasteiger partial charge in [-0.2, -0.15) is 0 Å². The molecule has 0 radical (unpaired) electrons. The molecule has 20 heavy (non-hydrogen) atoms. The van der Waals surface area contributed by atoms with Crippen LogP contribution in [0.5, 0.6) is 0 Å². The zero-order valence-electron chi connectivity index (χ0n) is 12.6. The van der Waals surface area contributed by atoms with Crippen molar-refractivity contribution in [2.24, 2.45) is 5.92 Å². The summed E-state index contributed by atoms with van der Waals surface area (Å²) in [5.74, 6) is 0.759. The Hall–Kier alpha value is -0.610. The molecule has 0 N–H and O–H groups in total. The first-order chi connectivity index (χ1) is 9.83. The van der Waals surface area contributed by atoms with Gasteiger partial charge in [0, 0.05) is 45.2 Å². The van der Waals surface area contributed by atoms with Crippen LogP contribution in [0.2, 0.25) is 0 Å². The molecular formula is C16H28N2O2. The summed E-state index contributed by atoms with van der Waals surface area (Å²) in [5, 5.41) is 0. The van der Waals surface area contributed by atoms with Gasteiger partial charge >= 0.3 is 0 Å². The van der Waals surface area contributed by atoms with Crippen molar-refractivity contribution in [1.82, 2.24) is 9.80 Å². The lowest BCUT2D eigenvalue weighted by atomic mass is 9.88. The second kappa shape index (κ2) is 6.90. The van der Waals surface area contributed by atoms with E-state index in [4.69, 9.17) is 4.74 Å². The van der Waals surface area contributed by atoms with E-state index in [0.717, 1.165) is 52.2 Å². The van der Waals surface area contributed by atoms with E-state index in [9.17, 15) is 4.79 Å². The standard InChI is InChI=1S/C16H28N2O2/c19-16(14-5-2-1-3-6-14)18-10-8-17(9-11-18)13-15-7-4-12-20-15/h14-15H,1-13H2. The van der Waals surface area contributed by atoms with Crippen molar-refractivity contribution in [2.75, 3.05) is 39.3 Å². The van der Waals surface area contributed by atoms with Crippen LogP contribution in [-0.2, 0) is 9.53 Å². The van der Waals surface area contributed by atoms with Gasteiger partial charge in [-0.05, 0) is 25.7 Å². The number of amides is 1. The summed E-state index contributed by atoms with van der Waals surface area (Å²) in [7, 11) is 0. The molecule has 114 valence electrons. The Bertz CT molecular complexity index is 314. The lowest BCUT2D eigenvalue weighted by Gasteiger charge is -2.37. The van der Waals surface area contributed by atoms with Crippen LogP contribution < -0.4 is 0 Å². The van der Waals surface area contributed by atoms with Gasteiger partial charge in [-0.25, -0.2) is 0 Å². The SMILES string of the molecule is O=C(C1CCCCC1)N1CCN(CC2CCCO2)CC1. The van der Waals surface area contributed by atoms with Crippen LogP contribution in [0.1, 0.15) is 44.9 Å². The predicted octanol–water partition coefficient (Wildman–Crippen LogP) is 1.89. The summed E-state index contributed by atoms with van der Waals surface area (Å²) in [4.78, 5) is 17.1. The number of nitrogens with zero attached hydrogens (tertiary/aromatic N) is 2. The maximum Gasteiger partial charge on any atom is 0.225 e. The van der Waals surface area contributed by atoms with Gasteiger partial charge < -0.3 is 9.64 Å². The van der Waals surface area contributed by atoms with Crippen LogP contribution in [0.4, 0.5) is 0 Å². The van der Waals surface area contributed by atoms with Crippen LogP contribution in [0.15, 0.2) is 0 Å². The van der Waals surface area contributed by atoms with E-state index in [2.05, 4.69) is 9.80 Å². The molecule has 0 bridgehead atoms. The summed E-state index contributed by atoms with van der Waals surface area (Å²) in [6.07, 6.45) is 8.91. The van der Waals surface area contributed by atoms with E-state index in [-0.39, 0.29) is 0 Å². The van der Waals surface area contributed by atoms with E-state index < -0.39 is 0 Å². The molecule has 0 aromatic heterocycles. The van der Waals surface area contributed by atoms with Crippen molar-refractivity contribution in [2.45, 2.75) is 51.0 Å². The summed E-state index contributed by atoms with van der Waals surface area (Å²) in [6.45, 7) is 5.89. The molecule has 3 rings (SSSR count). The van der Waals surface area contributed by atoms with E-state index in [1.807, 2.05) is 0 Å². The molecule has 3 aliphatic rings. The summed E-state index contributed by atoms with van der Waals surface area (Å²) in [6, 6.07) is 0. The van der Waals surface area contributed by atoms with Gasteiger partial charge in [0.25, 0.3) is 0 Å². The van der Waals surface area contributed by atoms with E-state index in [1.165, 1.54) is 32.1 Å². The zero-order chi connectivity index (χ0) is 13.8. The minimum absolute atomic E-state index is 0.327. The highest BCUT2D eigenvalue weighted by Crippen LogP contribution is 2.26. The van der Waals surface area contributed by atoms with E-state index in [0.29, 0.717) is 17.9 Å². The Kier molecular flexibility index (Phi) is 4.94. The molecule has 1 unspecified atom stereocenters. The van der Waals surface area contributed by atoms with Gasteiger partial charge in [-0.3, -0.25) is 9.69 Å². The zero-order valence-corrected chi connectivity index (χ0v) is 12.6. The van der Waals surface area contributed by atoms with Crippen LogP contribution in [0.25, 0.3) is 0 Å². The average Bonchev–Trinajstić information content (AvgIpc) is 3.01. The Balaban J connectivity index is 1.41. The minimum Gasteiger partial charge on any atom is -0.377 e. The van der Waals surface area contributed by atoms with Crippen molar-refractivity contribution in [3.8, 4) is 0 Å². The highest BCUT2D eigenvalue weighted by Gasteiger charge is 2.29. The van der Waals surface area contributed by atoms with Gasteiger partial charge in [0.05, 0.1) is 6.10 Å². The average molecular weight is 280 g/mol. The van der Waals surface area contributed by atoms with E-state index in [1.54, 1.807) is 0 Å². The smallest absolute Gasteiger partial charge is 0.225 e. The number of rotatable bonds is 3. The number of piperazine rings is 1.